The van der Waals surface area contributed by atoms with E-state index >= 15 is 0 Å². The van der Waals surface area contributed by atoms with Crippen LogP contribution in [-0.4, -0.2) is 54.0 Å². The number of aromatic nitrogens is 4. The number of carbonyl (C=O) groups excluding carboxylic acids is 1. The summed E-state index contributed by atoms with van der Waals surface area (Å²) in [5.41, 5.74) is 2.77. The van der Waals surface area contributed by atoms with Crippen LogP contribution >= 0.6 is 0 Å². The summed E-state index contributed by atoms with van der Waals surface area (Å²) < 4.78 is 22.0. The van der Waals surface area contributed by atoms with Crippen LogP contribution in [0.1, 0.15) is 11.1 Å². The first-order chi connectivity index (χ1) is 18.1. The molecule has 0 bridgehead atoms. The molecule has 0 saturated carbocycles. The van der Waals surface area contributed by atoms with E-state index in [0.717, 1.165) is 11.1 Å². The van der Waals surface area contributed by atoms with Crippen LogP contribution in [0.3, 0.4) is 0 Å². The summed E-state index contributed by atoms with van der Waals surface area (Å²) in [5.74, 6) is 2.64. The van der Waals surface area contributed by atoms with Crippen LogP contribution in [0.5, 0.6) is 23.0 Å². The van der Waals surface area contributed by atoms with E-state index in [4.69, 9.17) is 18.9 Å². The van der Waals surface area contributed by atoms with Gasteiger partial charge in [-0.2, -0.15) is 4.80 Å². The number of carbonyl (C=O) groups is 1. The molecule has 0 spiro atoms. The molecule has 37 heavy (non-hydrogen) atoms. The van der Waals surface area contributed by atoms with Crippen molar-refractivity contribution >= 4 is 5.91 Å². The van der Waals surface area contributed by atoms with Crippen LogP contribution in [0.15, 0.2) is 66.7 Å². The number of benzene rings is 3. The minimum atomic E-state index is -0.216. The maximum Gasteiger partial charge on any atom is 0.243 e. The average Bonchev–Trinajstić information content (AvgIpc) is 3.40. The minimum Gasteiger partial charge on any atom is -0.493 e. The Morgan fingerprint density at radius 2 is 1.57 bits per heavy atom. The molecule has 0 saturated heterocycles. The van der Waals surface area contributed by atoms with Crippen molar-refractivity contribution in [3.63, 3.8) is 0 Å². The summed E-state index contributed by atoms with van der Waals surface area (Å²) in [6, 6.07) is 21.0. The quantitative estimate of drug-likeness (QED) is 0.314. The van der Waals surface area contributed by atoms with Gasteiger partial charge in [-0.1, -0.05) is 36.4 Å². The molecule has 10 nitrogen and oxygen atoms in total. The van der Waals surface area contributed by atoms with Gasteiger partial charge in [-0.25, -0.2) is 0 Å². The molecule has 10 heteroatoms. The van der Waals surface area contributed by atoms with Gasteiger partial charge in [0.05, 0.1) is 21.3 Å². The van der Waals surface area contributed by atoms with Crippen LogP contribution in [-0.2, 0) is 24.4 Å². The van der Waals surface area contributed by atoms with E-state index in [-0.39, 0.29) is 12.5 Å². The van der Waals surface area contributed by atoms with Crippen molar-refractivity contribution in [2.75, 3.05) is 27.9 Å². The molecule has 1 N–H and O–H groups in total. The van der Waals surface area contributed by atoms with Gasteiger partial charge in [0.15, 0.2) is 23.0 Å². The van der Waals surface area contributed by atoms with Crippen molar-refractivity contribution in [2.24, 2.45) is 0 Å². The fourth-order valence-electron chi connectivity index (χ4n) is 3.65. The van der Waals surface area contributed by atoms with Gasteiger partial charge in [-0.05, 0) is 53.1 Å². The Balaban J connectivity index is 1.31. The van der Waals surface area contributed by atoms with Gasteiger partial charge in [0.1, 0.15) is 13.2 Å². The molecular formula is C27H29N5O5. The summed E-state index contributed by atoms with van der Waals surface area (Å²) >= 11 is 0. The van der Waals surface area contributed by atoms with E-state index < -0.39 is 0 Å². The van der Waals surface area contributed by atoms with Gasteiger partial charge in [-0.3, -0.25) is 4.79 Å². The molecule has 1 heterocycles. The SMILES string of the molecule is COc1ccc(CCNC(=O)Cn2nnc(-c3ccc(OCc4ccccc4)c(OC)c3)n2)cc1OC. The second-order valence-corrected chi connectivity index (χ2v) is 8.07. The number of rotatable bonds is 12. The Bertz CT molecular complexity index is 1330. The number of methoxy groups -OCH3 is 3. The summed E-state index contributed by atoms with van der Waals surface area (Å²) in [7, 11) is 4.76. The largest absolute Gasteiger partial charge is 0.493 e. The monoisotopic (exact) mass is 503 g/mol. The molecule has 0 fully saturated rings. The second-order valence-electron chi connectivity index (χ2n) is 8.07. The Hall–Kier alpha value is -4.60. The fraction of sp³-hybridized carbons (Fsp3) is 0.259. The van der Waals surface area contributed by atoms with Gasteiger partial charge >= 0.3 is 0 Å². The predicted octanol–water partition coefficient (Wildman–Crippen LogP) is 3.30. The van der Waals surface area contributed by atoms with Gasteiger partial charge in [-0.15, -0.1) is 10.2 Å². The number of hydrogen-bond donors (Lipinski definition) is 1. The van der Waals surface area contributed by atoms with E-state index in [2.05, 4.69) is 20.7 Å². The molecule has 0 aliphatic rings. The van der Waals surface area contributed by atoms with Gasteiger partial charge in [0.2, 0.25) is 11.7 Å². The van der Waals surface area contributed by atoms with Crippen LogP contribution in [0.2, 0.25) is 0 Å². The highest BCUT2D eigenvalue weighted by Gasteiger charge is 2.13. The van der Waals surface area contributed by atoms with Crippen LogP contribution in [0.25, 0.3) is 11.4 Å². The molecule has 192 valence electrons. The van der Waals surface area contributed by atoms with Gasteiger partial charge in [0.25, 0.3) is 0 Å². The summed E-state index contributed by atoms with van der Waals surface area (Å²) in [6.07, 6.45) is 0.640. The highest BCUT2D eigenvalue weighted by molar-refractivity contribution is 5.75. The Kier molecular flexibility index (Phi) is 8.53. The molecule has 0 aliphatic carbocycles. The smallest absolute Gasteiger partial charge is 0.243 e. The number of hydrogen-bond acceptors (Lipinski definition) is 8. The topological polar surface area (TPSA) is 110 Å². The molecule has 0 atom stereocenters. The first-order valence-electron chi connectivity index (χ1n) is 11.7. The Morgan fingerprint density at radius 3 is 2.32 bits per heavy atom. The number of nitrogens with one attached hydrogen (secondary N) is 1. The standard InChI is InChI=1S/C27H29N5O5/c1-34-22-11-9-19(15-24(22)35-2)13-14-28-26(33)17-32-30-27(29-31-32)21-10-12-23(25(16-21)36-3)37-18-20-7-5-4-6-8-20/h4-12,15-16H,13-14,17-18H2,1-3H3,(H,28,33). The summed E-state index contributed by atoms with van der Waals surface area (Å²) in [6.45, 7) is 0.831. The zero-order valence-electron chi connectivity index (χ0n) is 21.0. The van der Waals surface area contributed by atoms with E-state index in [0.29, 0.717) is 54.0 Å². The third-order valence-corrected chi connectivity index (χ3v) is 5.58. The molecule has 1 aromatic heterocycles. The normalized spacial score (nSPS) is 10.6. The van der Waals surface area contributed by atoms with Crippen LogP contribution in [0, 0.1) is 0 Å². The van der Waals surface area contributed by atoms with Gasteiger partial charge in [0, 0.05) is 12.1 Å². The lowest BCUT2D eigenvalue weighted by molar-refractivity contribution is -0.122. The fourth-order valence-corrected chi connectivity index (χ4v) is 3.65. The third-order valence-electron chi connectivity index (χ3n) is 5.58. The van der Waals surface area contributed by atoms with Crippen molar-refractivity contribution < 1.29 is 23.7 Å². The zero-order chi connectivity index (χ0) is 26.0. The van der Waals surface area contributed by atoms with Gasteiger partial charge < -0.3 is 24.3 Å². The molecule has 1 amide bonds. The lowest BCUT2D eigenvalue weighted by Gasteiger charge is -2.11. The Morgan fingerprint density at radius 1 is 0.838 bits per heavy atom. The van der Waals surface area contributed by atoms with E-state index in [1.54, 1.807) is 33.5 Å². The van der Waals surface area contributed by atoms with Crippen molar-refractivity contribution in [1.29, 1.82) is 0 Å². The average molecular weight is 504 g/mol. The van der Waals surface area contributed by atoms with Crippen LogP contribution < -0.4 is 24.3 Å². The van der Waals surface area contributed by atoms with E-state index in [1.165, 1.54) is 4.80 Å². The molecule has 0 unspecified atom stereocenters. The second kappa shape index (κ2) is 12.4. The van der Waals surface area contributed by atoms with Crippen molar-refractivity contribution in [3.05, 3.63) is 77.9 Å². The van der Waals surface area contributed by atoms with E-state index in [1.807, 2.05) is 54.6 Å². The van der Waals surface area contributed by atoms with E-state index in [9.17, 15) is 4.79 Å². The molecule has 3 aromatic carbocycles. The Labute approximate surface area is 215 Å². The zero-order valence-corrected chi connectivity index (χ0v) is 21.0. The molecule has 0 aliphatic heterocycles. The number of tetrazole rings is 1. The first-order valence-corrected chi connectivity index (χ1v) is 11.7. The molecule has 4 rings (SSSR count). The first kappa shape index (κ1) is 25.5. The predicted molar refractivity (Wildman–Crippen MR) is 137 cm³/mol. The molecular weight excluding hydrogens is 474 g/mol. The third kappa shape index (κ3) is 6.75. The molecule has 0 radical (unpaired) electrons. The van der Waals surface area contributed by atoms with Crippen molar-refractivity contribution in [1.82, 2.24) is 25.5 Å². The highest BCUT2D eigenvalue weighted by Crippen LogP contribution is 2.32. The van der Waals surface area contributed by atoms with Crippen molar-refractivity contribution in [3.8, 4) is 34.4 Å². The maximum absolute atomic E-state index is 12.4. The van der Waals surface area contributed by atoms with Crippen LogP contribution in [0.4, 0.5) is 0 Å². The number of ether oxygens (including phenoxy) is 4. The number of amides is 1. The lowest BCUT2D eigenvalue weighted by Crippen LogP contribution is -2.30. The highest BCUT2D eigenvalue weighted by atomic mass is 16.5. The summed E-state index contributed by atoms with van der Waals surface area (Å²) in [4.78, 5) is 13.6. The molecule has 4 aromatic rings. The lowest BCUT2D eigenvalue weighted by atomic mass is 10.1. The maximum atomic E-state index is 12.4. The number of nitrogens with zero attached hydrogens (tertiary/aromatic N) is 4. The summed E-state index contributed by atoms with van der Waals surface area (Å²) in [5, 5.41) is 15.3. The minimum absolute atomic E-state index is 0.0473. The van der Waals surface area contributed by atoms with Crippen molar-refractivity contribution in [2.45, 2.75) is 19.6 Å².